The van der Waals surface area contributed by atoms with E-state index < -0.39 is 5.97 Å². The van der Waals surface area contributed by atoms with Gasteiger partial charge in [-0.1, -0.05) is 20.3 Å². The van der Waals surface area contributed by atoms with E-state index in [0.717, 1.165) is 32.6 Å². The smallest absolute Gasteiger partial charge is 0.304 e. The summed E-state index contributed by atoms with van der Waals surface area (Å²) in [5, 5.41) is 8.97. The summed E-state index contributed by atoms with van der Waals surface area (Å²) in [5.41, 5.74) is 0. The molecule has 0 amide bonds. The summed E-state index contributed by atoms with van der Waals surface area (Å²) >= 11 is 0. The molecule has 94 valence electrons. The average Bonchev–Trinajstić information content (AvgIpc) is 2.26. The highest BCUT2D eigenvalue weighted by atomic mass is 16.4. The zero-order chi connectivity index (χ0) is 12.1. The van der Waals surface area contributed by atoms with E-state index >= 15 is 0 Å². The van der Waals surface area contributed by atoms with E-state index in [2.05, 4.69) is 30.7 Å². The first-order chi connectivity index (χ1) is 7.54. The third kappa shape index (κ3) is 3.76. The minimum Gasteiger partial charge on any atom is -0.481 e. The number of aliphatic carboxylic acids is 1. The lowest BCUT2D eigenvalue weighted by Gasteiger charge is -2.39. The molecule has 1 aliphatic heterocycles. The second-order valence-electron chi connectivity index (χ2n) is 4.89. The molecule has 1 rings (SSSR count). The van der Waals surface area contributed by atoms with Crippen molar-refractivity contribution in [1.82, 2.24) is 9.80 Å². The number of carbonyl (C=O) groups is 1. The van der Waals surface area contributed by atoms with Gasteiger partial charge in [-0.2, -0.15) is 0 Å². The van der Waals surface area contributed by atoms with E-state index in [1.54, 1.807) is 0 Å². The first kappa shape index (κ1) is 13.5. The van der Waals surface area contributed by atoms with Crippen LogP contribution < -0.4 is 0 Å². The van der Waals surface area contributed by atoms with Crippen molar-refractivity contribution < 1.29 is 9.90 Å². The topological polar surface area (TPSA) is 43.8 Å². The Morgan fingerprint density at radius 1 is 1.31 bits per heavy atom. The van der Waals surface area contributed by atoms with Crippen LogP contribution in [0.1, 0.15) is 26.7 Å². The summed E-state index contributed by atoms with van der Waals surface area (Å²) in [6.45, 7) is 8.39. The molecule has 2 atom stereocenters. The van der Waals surface area contributed by atoms with Gasteiger partial charge in [-0.25, -0.2) is 0 Å². The lowest BCUT2D eigenvalue weighted by molar-refractivity contribution is -0.139. The zero-order valence-corrected chi connectivity index (χ0v) is 10.6. The van der Waals surface area contributed by atoms with E-state index in [0.29, 0.717) is 5.92 Å². The number of likely N-dealkylation sites (N-methyl/N-ethyl adjacent to an activating group) is 1. The van der Waals surface area contributed by atoms with E-state index in [-0.39, 0.29) is 12.5 Å². The van der Waals surface area contributed by atoms with Crippen LogP contribution in [-0.4, -0.2) is 60.1 Å². The van der Waals surface area contributed by atoms with Gasteiger partial charge in [0.2, 0.25) is 0 Å². The third-order valence-corrected chi connectivity index (χ3v) is 3.69. The second kappa shape index (κ2) is 6.21. The van der Waals surface area contributed by atoms with Crippen LogP contribution in [0.2, 0.25) is 0 Å². The van der Waals surface area contributed by atoms with Crippen molar-refractivity contribution >= 4 is 5.97 Å². The molecule has 2 unspecified atom stereocenters. The van der Waals surface area contributed by atoms with E-state index in [1.165, 1.54) is 0 Å². The van der Waals surface area contributed by atoms with Gasteiger partial charge in [0.15, 0.2) is 0 Å². The Balaban J connectivity index is 2.57. The average molecular weight is 228 g/mol. The Bertz CT molecular complexity index is 225. The first-order valence-corrected chi connectivity index (χ1v) is 6.19. The van der Waals surface area contributed by atoms with Crippen LogP contribution in [0, 0.1) is 5.92 Å². The Morgan fingerprint density at radius 2 is 1.88 bits per heavy atom. The Labute approximate surface area is 98.2 Å². The van der Waals surface area contributed by atoms with Gasteiger partial charge in [-0.05, 0) is 13.0 Å². The predicted molar refractivity (Wildman–Crippen MR) is 64.6 cm³/mol. The molecule has 4 heteroatoms. The molecule has 0 bridgehead atoms. The van der Waals surface area contributed by atoms with Crippen molar-refractivity contribution in [3.05, 3.63) is 0 Å². The van der Waals surface area contributed by atoms with Crippen LogP contribution in [0.4, 0.5) is 0 Å². The summed E-state index contributed by atoms with van der Waals surface area (Å²) in [4.78, 5) is 15.5. The largest absolute Gasteiger partial charge is 0.481 e. The van der Waals surface area contributed by atoms with Crippen molar-refractivity contribution in [2.45, 2.75) is 32.7 Å². The maximum absolute atomic E-state index is 10.9. The second-order valence-corrected chi connectivity index (χ2v) is 4.89. The van der Waals surface area contributed by atoms with E-state index in [1.807, 2.05) is 0 Å². The van der Waals surface area contributed by atoms with Crippen LogP contribution in [-0.2, 0) is 4.79 Å². The van der Waals surface area contributed by atoms with Gasteiger partial charge in [-0.3, -0.25) is 9.69 Å². The van der Waals surface area contributed by atoms with Gasteiger partial charge in [0.25, 0.3) is 0 Å². The predicted octanol–water partition coefficient (Wildman–Crippen LogP) is 1.12. The number of hydrogen-bond donors (Lipinski definition) is 1. The lowest BCUT2D eigenvalue weighted by atomic mass is 9.94. The Hall–Kier alpha value is -0.610. The van der Waals surface area contributed by atoms with Gasteiger partial charge in [0, 0.05) is 32.2 Å². The molecule has 1 heterocycles. The molecule has 0 aromatic heterocycles. The van der Waals surface area contributed by atoms with Crippen LogP contribution in [0.15, 0.2) is 0 Å². The van der Waals surface area contributed by atoms with Gasteiger partial charge in [0.1, 0.15) is 0 Å². The number of carboxylic acids is 1. The molecule has 0 spiro atoms. The highest BCUT2D eigenvalue weighted by molar-refractivity contribution is 5.67. The molecule has 0 saturated carbocycles. The summed E-state index contributed by atoms with van der Waals surface area (Å²) in [6.07, 6.45) is 1.32. The van der Waals surface area contributed by atoms with Crippen LogP contribution in [0.25, 0.3) is 0 Å². The van der Waals surface area contributed by atoms with Crippen LogP contribution in [0.3, 0.4) is 0 Å². The molecule has 1 N–H and O–H groups in total. The molecule has 4 nitrogen and oxygen atoms in total. The van der Waals surface area contributed by atoms with Crippen LogP contribution in [0.5, 0.6) is 0 Å². The number of nitrogens with zero attached hydrogens (tertiary/aromatic N) is 2. The minimum absolute atomic E-state index is 0.205. The fourth-order valence-electron chi connectivity index (χ4n) is 2.29. The zero-order valence-electron chi connectivity index (χ0n) is 10.6. The van der Waals surface area contributed by atoms with Gasteiger partial charge in [0.05, 0.1) is 6.42 Å². The molecular weight excluding hydrogens is 204 g/mol. The van der Waals surface area contributed by atoms with Crippen molar-refractivity contribution in [3.8, 4) is 0 Å². The number of piperazine rings is 1. The lowest BCUT2D eigenvalue weighted by Crippen LogP contribution is -2.51. The molecular formula is C12H24N2O2. The van der Waals surface area contributed by atoms with Gasteiger partial charge < -0.3 is 10.0 Å². The summed E-state index contributed by atoms with van der Waals surface area (Å²) in [6, 6.07) is 0.205. The highest BCUT2D eigenvalue weighted by Gasteiger charge is 2.27. The summed E-state index contributed by atoms with van der Waals surface area (Å²) < 4.78 is 0. The van der Waals surface area contributed by atoms with Crippen LogP contribution >= 0.6 is 0 Å². The standard InChI is InChI=1S/C12H24N2O2/c1-4-10(2)11(9-12(15)16)14-7-5-13(3)6-8-14/h10-11H,4-9H2,1-3H3,(H,15,16). The third-order valence-electron chi connectivity index (χ3n) is 3.69. The maximum atomic E-state index is 10.9. The fourth-order valence-corrected chi connectivity index (χ4v) is 2.29. The molecule has 1 fully saturated rings. The normalized spacial score (nSPS) is 22.9. The van der Waals surface area contributed by atoms with E-state index in [9.17, 15) is 4.79 Å². The van der Waals surface area contributed by atoms with Crippen molar-refractivity contribution in [2.24, 2.45) is 5.92 Å². The number of carboxylic acid groups (broad SMARTS) is 1. The number of hydrogen-bond acceptors (Lipinski definition) is 3. The molecule has 16 heavy (non-hydrogen) atoms. The number of rotatable bonds is 5. The van der Waals surface area contributed by atoms with Gasteiger partial charge >= 0.3 is 5.97 Å². The molecule has 0 radical (unpaired) electrons. The van der Waals surface area contributed by atoms with Crippen molar-refractivity contribution in [1.29, 1.82) is 0 Å². The minimum atomic E-state index is -0.677. The van der Waals surface area contributed by atoms with Gasteiger partial charge in [-0.15, -0.1) is 0 Å². The maximum Gasteiger partial charge on any atom is 0.304 e. The van der Waals surface area contributed by atoms with E-state index in [4.69, 9.17) is 5.11 Å². The highest BCUT2D eigenvalue weighted by Crippen LogP contribution is 2.19. The quantitative estimate of drug-likeness (QED) is 0.766. The molecule has 1 saturated heterocycles. The first-order valence-electron chi connectivity index (χ1n) is 6.19. The SMILES string of the molecule is CCC(C)C(CC(=O)O)N1CCN(C)CC1. The fraction of sp³-hybridized carbons (Fsp3) is 0.917. The Morgan fingerprint density at radius 3 is 2.31 bits per heavy atom. The monoisotopic (exact) mass is 228 g/mol. The molecule has 0 aromatic rings. The molecule has 1 aliphatic rings. The molecule has 0 aromatic carbocycles. The summed E-state index contributed by atoms with van der Waals surface area (Å²) in [7, 11) is 2.12. The molecule has 0 aliphatic carbocycles. The summed E-state index contributed by atoms with van der Waals surface area (Å²) in [5.74, 6) is -0.219. The van der Waals surface area contributed by atoms with Crippen molar-refractivity contribution in [2.75, 3.05) is 33.2 Å². The Kier molecular flexibility index (Phi) is 5.22. The van der Waals surface area contributed by atoms with Crippen molar-refractivity contribution in [3.63, 3.8) is 0 Å².